The van der Waals surface area contributed by atoms with Crippen LogP contribution in [0, 0.1) is 5.92 Å². The number of likely N-dealkylation sites (tertiary alicyclic amines) is 1. The summed E-state index contributed by atoms with van der Waals surface area (Å²) in [4.78, 5) is 35.6. The van der Waals surface area contributed by atoms with Gasteiger partial charge in [-0.05, 0) is 13.3 Å². The third-order valence-electron chi connectivity index (χ3n) is 3.64. The molecule has 0 radical (unpaired) electrons. The Hall–Kier alpha value is -1.50. The van der Waals surface area contributed by atoms with Crippen LogP contribution in [0.25, 0.3) is 0 Å². The highest BCUT2D eigenvalue weighted by Gasteiger charge is 2.48. The number of hydrogen-bond donors (Lipinski definition) is 2. The number of thioether (sulfide) groups is 1. The van der Waals surface area contributed by atoms with Gasteiger partial charge in [-0.2, -0.15) is 0 Å². The van der Waals surface area contributed by atoms with Crippen molar-refractivity contribution in [1.82, 2.24) is 10.2 Å². The first-order valence-corrected chi connectivity index (χ1v) is 7.65. The van der Waals surface area contributed by atoms with Crippen LogP contribution < -0.4 is 5.32 Å². The Morgan fingerprint density at radius 3 is 2.90 bits per heavy atom. The third-order valence-corrected chi connectivity index (χ3v) is 4.55. The lowest BCUT2D eigenvalue weighted by atomic mass is 10.0. The maximum absolute atomic E-state index is 12.0. The van der Waals surface area contributed by atoms with Crippen molar-refractivity contribution in [2.45, 2.75) is 18.9 Å². The fraction of sp³-hybridized carbons (Fsp3) is 0.615. The molecule has 1 fully saturated rings. The second kappa shape index (κ2) is 5.87. The summed E-state index contributed by atoms with van der Waals surface area (Å²) in [5, 5.41) is 11.2. The summed E-state index contributed by atoms with van der Waals surface area (Å²) in [6.45, 7) is 2.92. The molecule has 0 aromatic heterocycles. The fourth-order valence-corrected chi connectivity index (χ4v) is 3.25. The Balaban J connectivity index is 1.69. The summed E-state index contributed by atoms with van der Waals surface area (Å²) in [6.07, 6.45) is 4.85. The van der Waals surface area contributed by atoms with Crippen molar-refractivity contribution < 1.29 is 19.5 Å². The van der Waals surface area contributed by atoms with Crippen LogP contribution in [0.1, 0.15) is 13.3 Å². The highest BCUT2D eigenvalue weighted by Crippen LogP contribution is 2.41. The van der Waals surface area contributed by atoms with Gasteiger partial charge in [-0.25, -0.2) is 0 Å². The third kappa shape index (κ3) is 3.15. The van der Waals surface area contributed by atoms with E-state index in [1.165, 1.54) is 0 Å². The Labute approximate surface area is 121 Å². The predicted octanol–water partition coefficient (Wildman–Crippen LogP) is 0.0974. The molecule has 2 aliphatic rings. The number of carbonyl (C=O) groups is 3. The Morgan fingerprint density at radius 1 is 1.55 bits per heavy atom. The van der Waals surface area contributed by atoms with E-state index in [0.717, 1.165) is 18.2 Å². The van der Waals surface area contributed by atoms with E-state index in [-0.39, 0.29) is 34.8 Å². The molecule has 7 heteroatoms. The number of carboxylic acid groups (broad SMARTS) is 1. The average molecular weight is 298 g/mol. The van der Waals surface area contributed by atoms with Gasteiger partial charge in [0.25, 0.3) is 0 Å². The number of nitrogens with one attached hydrogen (secondary N) is 1. The van der Waals surface area contributed by atoms with Gasteiger partial charge < -0.3 is 15.3 Å². The summed E-state index contributed by atoms with van der Waals surface area (Å²) in [7, 11) is 0. The van der Waals surface area contributed by atoms with E-state index in [9.17, 15) is 14.4 Å². The van der Waals surface area contributed by atoms with Gasteiger partial charge in [0, 0.05) is 13.1 Å². The molecule has 1 aliphatic carbocycles. The van der Waals surface area contributed by atoms with E-state index in [4.69, 9.17) is 5.11 Å². The van der Waals surface area contributed by atoms with Crippen LogP contribution in [0.4, 0.5) is 0 Å². The zero-order valence-corrected chi connectivity index (χ0v) is 12.1. The van der Waals surface area contributed by atoms with Gasteiger partial charge >= 0.3 is 5.97 Å². The number of nitrogens with zero attached hydrogens (tertiary/aromatic N) is 1. The zero-order chi connectivity index (χ0) is 14.8. The largest absolute Gasteiger partial charge is 0.481 e. The second-order valence-corrected chi connectivity index (χ2v) is 6.24. The molecule has 2 rings (SSSR count). The molecule has 2 N–H and O–H groups in total. The van der Waals surface area contributed by atoms with Crippen LogP contribution in [0.5, 0.6) is 0 Å². The van der Waals surface area contributed by atoms with Gasteiger partial charge in [0.2, 0.25) is 11.8 Å². The smallest absolute Gasteiger partial charge is 0.313 e. The van der Waals surface area contributed by atoms with Gasteiger partial charge in [-0.1, -0.05) is 12.2 Å². The lowest BCUT2D eigenvalue weighted by Crippen LogP contribution is -2.47. The topological polar surface area (TPSA) is 86.7 Å². The molecule has 1 aliphatic heterocycles. The van der Waals surface area contributed by atoms with Crippen molar-refractivity contribution >= 4 is 29.5 Å². The number of amides is 2. The molecule has 110 valence electrons. The van der Waals surface area contributed by atoms with Crippen LogP contribution in [0.3, 0.4) is 0 Å². The van der Waals surface area contributed by atoms with Crippen molar-refractivity contribution in [2.24, 2.45) is 5.92 Å². The quantitative estimate of drug-likeness (QED) is 0.651. The number of carbonyl (C=O) groups excluding carboxylic acids is 2. The number of hydrogen-bond acceptors (Lipinski definition) is 4. The minimum atomic E-state index is -0.929. The molecule has 20 heavy (non-hydrogen) atoms. The summed E-state index contributed by atoms with van der Waals surface area (Å²) in [6, 6.07) is 0. The normalized spacial score (nSPS) is 27.1. The van der Waals surface area contributed by atoms with E-state index in [1.54, 1.807) is 0 Å². The summed E-state index contributed by atoms with van der Waals surface area (Å²) < 4.78 is 0. The fourth-order valence-electron chi connectivity index (χ4n) is 2.68. The Morgan fingerprint density at radius 2 is 2.30 bits per heavy atom. The van der Waals surface area contributed by atoms with Gasteiger partial charge in [-0.15, -0.1) is 11.8 Å². The van der Waals surface area contributed by atoms with E-state index in [1.807, 2.05) is 17.9 Å². The average Bonchev–Trinajstić information content (AvgIpc) is 2.85. The van der Waals surface area contributed by atoms with Crippen molar-refractivity contribution in [3.05, 3.63) is 12.2 Å². The van der Waals surface area contributed by atoms with E-state index in [0.29, 0.717) is 13.1 Å². The van der Waals surface area contributed by atoms with Gasteiger partial charge in [-0.3, -0.25) is 14.4 Å². The first kappa shape index (κ1) is 14.9. The number of aliphatic carboxylic acids is 1. The summed E-state index contributed by atoms with van der Waals surface area (Å²) in [5.41, 5.74) is -0.204. The highest BCUT2D eigenvalue weighted by atomic mass is 32.2. The first-order valence-electron chi connectivity index (χ1n) is 6.49. The van der Waals surface area contributed by atoms with E-state index in [2.05, 4.69) is 11.4 Å². The van der Waals surface area contributed by atoms with Crippen LogP contribution in [-0.4, -0.2) is 57.9 Å². The highest BCUT2D eigenvalue weighted by molar-refractivity contribution is 8.00. The minimum Gasteiger partial charge on any atom is -0.481 e. The summed E-state index contributed by atoms with van der Waals surface area (Å²) in [5.74, 6) is -0.955. The molecule has 2 amide bonds. The van der Waals surface area contributed by atoms with Crippen molar-refractivity contribution in [2.75, 3.05) is 24.6 Å². The molecule has 1 heterocycles. The van der Waals surface area contributed by atoms with Crippen LogP contribution in [0.15, 0.2) is 12.2 Å². The number of rotatable bonds is 7. The molecule has 0 aromatic carbocycles. The molecule has 0 aromatic rings. The SMILES string of the molecule is C[C@]12C=C[C@H](C1)C(=O)N2CCNC(=O)CSCC(=O)O. The maximum Gasteiger partial charge on any atom is 0.313 e. The molecule has 6 nitrogen and oxygen atoms in total. The maximum atomic E-state index is 12.0. The Kier molecular flexibility index (Phi) is 4.37. The Bertz CT molecular complexity index is 465. The lowest BCUT2D eigenvalue weighted by Gasteiger charge is -2.33. The molecular weight excluding hydrogens is 280 g/mol. The second-order valence-electron chi connectivity index (χ2n) is 5.25. The van der Waals surface area contributed by atoms with Crippen LogP contribution in [-0.2, 0) is 14.4 Å². The molecule has 1 saturated heterocycles. The molecule has 0 unspecified atom stereocenters. The van der Waals surface area contributed by atoms with Gasteiger partial charge in [0.15, 0.2) is 0 Å². The van der Waals surface area contributed by atoms with Crippen molar-refractivity contribution in [1.29, 1.82) is 0 Å². The molecular formula is C13H18N2O4S. The molecule has 2 bridgehead atoms. The lowest BCUT2D eigenvalue weighted by molar-refractivity contribution is -0.134. The number of fused-ring (bicyclic) bond motifs is 2. The van der Waals surface area contributed by atoms with Gasteiger partial charge in [0.1, 0.15) is 0 Å². The first-order chi connectivity index (χ1) is 9.42. The van der Waals surface area contributed by atoms with Crippen LogP contribution >= 0.6 is 11.8 Å². The van der Waals surface area contributed by atoms with Crippen LogP contribution in [0.2, 0.25) is 0 Å². The van der Waals surface area contributed by atoms with Crippen molar-refractivity contribution in [3.8, 4) is 0 Å². The molecule has 2 atom stereocenters. The summed E-state index contributed by atoms with van der Waals surface area (Å²) >= 11 is 1.06. The zero-order valence-electron chi connectivity index (χ0n) is 11.3. The monoisotopic (exact) mass is 298 g/mol. The molecule has 0 saturated carbocycles. The minimum absolute atomic E-state index is 0.00169. The van der Waals surface area contributed by atoms with Gasteiger partial charge in [0.05, 0.1) is 23.0 Å². The van der Waals surface area contributed by atoms with E-state index < -0.39 is 5.97 Å². The molecule has 0 spiro atoms. The van der Waals surface area contributed by atoms with E-state index >= 15 is 0 Å². The van der Waals surface area contributed by atoms with Crippen molar-refractivity contribution in [3.63, 3.8) is 0 Å². The predicted molar refractivity (Wildman–Crippen MR) is 75.3 cm³/mol. The standard InChI is InChI=1S/C13H18N2O4S/c1-13-3-2-9(6-13)12(19)15(13)5-4-14-10(16)7-20-8-11(17)18/h2-3,9H,4-8H2,1H3,(H,14,16)(H,17,18)/t9-,13+/m1/s1. The number of carboxylic acids is 1.